The van der Waals surface area contributed by atoms with Crippen LogP contribution in [0, 0.1) is 0 Å². The smallest absolute Gasteiger partial charge is 0.0713 e. The first-order chi connectivity index (χ1) is 4.47. The summed E-state index contributed by atoms with van der Waals surface area (Å²) in [6.45, 7) is 4.15. The van der Waals surface area contributed by atoms with Crippen molar-refractivity contribution in [2.24, 2.45) is 11.5 Å². The monoisotopic (exact) mass is 150 g/mol. The molecule has 0 unspecified atom stereocenters. The minimum atomic E-state index is -0.681. The second-order valence-electron chi connectivity index (χ2n) is 2.53. The van der Waals surface area contributed by atoms with Gasteiger partial charge in [-0.1, -0.05) is 0 Å². The molecule has 0 fully saturated rings. The Morgan fingerprint density at radius 2 is 1.50 bits per heavy atom. The highest BCUT2D eigenvalue weighted by Crippen LogP contribution is 1.93. The van der Waals surface area contributed by atoms with Gasteiger partial charge in [0.05, 0.1) is 12.2 Å². The summed E-state index contributed by atoms with van der Waals surface area (Å²) in [5.74, 6) is 0. The van der Waals surface area contributed by atoms with E-state index in [1.807, 2.05) is 0 Å². The van der Waals surface area contributed by atoms with Crippen LogP contribution in [0.4, 0.5) is 0 Å². The highest BCUT2D eigenvalue weighted by Gasteiger charge is 2.06. The summed E-state index contributed by atoms with van der Waals surface area (Å²) in [6.07, 6.45) is 0. The van der Waals surface area contributed by atoms with E-state index in [1.54, 1.807) is 13.8 Å². The Morgan fingerprint density at radius 3 is 1.50 bits per heavy atom. The first-order valence-corrected chi connectivity index (χ1v) is 3.21. The largest absolute Gasteiger partial charge is 0.395 e. The van der Waals surface area contributed by atoms with Gasteiger partial charge in [-0.2, -0.15) is 0 Å². The van der Waals surface area contributed by atoms with E-state index >= 15 is 0 Å². The molecule has 0 rings (SSSR count). The molecule has 0 saturated carbocycles. The molecular weight excluding hydrogens is 132 g/mol. The van der Waals surface area contributed by atoms with Gasteiger partial charge in [0, 0.05) is 13.1 Å². The third kappa shape index (κ3) is 24.9. The fourth-order valence-electron chi connectivity index (χ4n) is 0. The average Bonchev–Trinajstić information content (AvgIpc) is 1.87. The zero-order valence-electron chi connectivity index (χ0n) is 6.67. The van der Waals surface area contributed by atoms with E-state index in [2.05, 4.69) is 0 Å². The number of nitrogens with two attached hydrogens (primary N) is 2. The Kier molecular flexibility index (Phi) is 8.70. The van der Waals surface area contributed by atoms with Crippen LogP contribution >= 0.6 is 0 Å². The predicted molar refractivity (Wildman–Crippen MR) is 41.5 cm³/mol. The van der Waals surface area contributed by atoms with Crippen LogP contribution in [-0.4, -0.2) is 35.5 Å². The molecule has 0 spiro atoms. The van der Waals surface area contributed by atoms with Crippen LogP contribution < -0.4 is 11.5 Å². The van der Waals surface area contributed by atoms with Crippen molar-refractivity contribution < 1.29 is 10.2 Å². The molecule has 0 atom stereocenters. The van der Waals surface area contributed by atoms with Gasteiger partial charge in [-0.15, -0.1) is 0 Å². The molecular formula is C6H18N2O2. The lowest BCUT2D eigenvalue weighted by molar-refractivity contribution is 0.0898. The van der Waals surface area contributed by atoms with Gasteiger partial charge in [-0.05, 0) is 13.8 Å². The van der Waals surface area contributed by atoms with Crippen LogP contribution in [0.5, 0.6) is 0 Å². The van der Waals surface area contributed by atoms with Gasteiger partial charge in [0.15, 0.2) is 0 Å². The summed E-state index contributed by atoms with van der Waals surface area (Å²) < 4.78 is 0. The summed E-state index contributed by atoms with van der Waals surface area (Å²) in [7, 11) is 0. The zero-order valence-corrected chi connectivity index (χ0v) is 6.67. The van der Waals surface area contributed by atoms with E-state index < -0.39 is 5.60 Å². The number of hydrogen-bond acceptors (Lipinski definition) is 4. The first-order valence-electron chi connectivity index (χ1n) is 3.21. The normalized spacial score (nSPS) is 10.2. The van der Waals surface area contributed by atoms with E-state index in [1.165, 1.54) is 0 Å². The number of aliphatic hydroxyl groups excluding tert-OH is 1. The van der Waals surface area contributed by atoms with Crippen LogP contribution in [0.15, 0.2) is 0 Å². The Bertz CT molecular complexity index is 59.3. The van der Waals surface area contributed by atoms with Gasteiger partial charge < -0.3 is 21.7 Å². The molecule has 0 aromatic heterocycles. The highest BCUT2D eigenvalue weighted by molar-refractivity contribution is 4.63. The molecule has 0 bridgehead atoms. The molecule has 4 heteroatoms. The van der Waals surface area contributed by atoms with Gasteiger partial charge in [0.1, 0.15) is 0 Å². The van der Waals surface area contributed by atoms with E-state index in [0.717, 1.165) is 0 Å². The summed E-state index contributed by atoms with van der Waals surface area (Å²) in [6, 6.07) is 0. The van der Waals surface area contributed by atoms with Crippen LogP contribution in [0.25, 0.3) is 0 Å². The van der Waals surface area contributed by atoms with E-state index in [4.69, 9.17) is 21.7 Å². The minimum absolute atomic E-state index is 0.0972. The van der Waals surface area contributed by atoms with Crippen molar-refractivity contribution in [3.63, 3.8) is 0 Å². The summed E-state index contributed by atoms with van der Waals surface area (Å²) in [5, 5.41) is 16.5. The van der Waals surface area contributed by atoms with Crippen molar-refractivity contribution in [2.75, 3.05) is 19.7 Å². The molecule has 0 aromatic carbocycles. The van der Waals surface area contributed by atoms with Crippen molar-refractivity contribution in [3.05, 3.63) is 0 Å². The molecule has 0 amide bonds. The Balaban J connectivity index is 0. The van der Waals surface area contributed by atoms with E-state index in [0.29, 0.717) is 13.1 Å². The summed E-state index contributed by atoms with van der Waals surface area (Å²) >= 11 is 0. The lowest BCUT2D eigenvalue weighted by atomic mass is 10.1. The van der Waals surface area contributed by atoms with Crippen LogP contribution in [0.3, 0.4) is 0 Å². The second-order valence-corrected chi connectivity index (χ2v) is 2.53. The average molecular weight is 150 g/mol. The van der Waals surface area contributed by atoms with Crippen LogP contribution in [0.2, 0.25) is 0 Å². The van der Waals surface area contributed by atoms with Crippen molar-refractivity contribution in [1.82, 2.24) is 0 Å². The zero-order chi connectivity index (χ0) is 8.62. The number of rotatable bonds is 2. The van der Waals surface area contributed by atoms with Crippen molar-refractivity contribution in [3.8, 4) is 0 Å². The van der Waals surface area contributed by atoms with E-state index in [-0.39, 0.29) is 6.61 Å². The molecule has 0 saturated heterocycles. The summed E-state index contributed by atoms with van der Waals surface area (Å²) in [5.41, 5.74) is 9.15. The Morgan fingerprint density at radius 1 is 1.30 bits per heavy atom. The lowest BCUT2D eigenvalue weighted by Gasteiger charge is -2.11. The first kappa shape index (κ1) is 12.5. The maximum Gasteiger partial charge on any atom is 0.0713 e. The lowest BCUT2D eigenvalue weighted by Crippen LogP contribution is -2.29. The minimum Gasteiger partial charge on any atom is -0.395 e. The fourth-order valence-corrected chi connectivity index (χ4v) is 0. The number of hydrogen-bond donors (Lipinski definition) is 4. The van der Waals surface area contributed by atoms with Gasteiger partial charge in [-0.3, -0.25) is 0 Å². The van der Waals surface area contributed by atoms with Crippen molar-refractivity contribution in [2.45, 2.75) is 19.4 Å². The van der Waals surface area contributed by atoms with Gasteiger partial charge in [-0.25, -0.2) is 0 Å². The van der Waals surface area contributed by atoms with Gasteiger partial charge >= 0.3 is 0 Å². The van der Waals surface area contributed by atoms with Crippen molar-refractivity contribution in [1.29, 1.82) is 0 Å². The van der Waals surface area contributed by atoms with Crippen LogP contribution in [0.1, 0.15) is 13.8 Å². The predicted octanol–water partition coefficient (Wildman–Crippen LogP) is -1.35. The SMILES string of the molecule is CC(C)(O)CN.NCCO. The molecule has 0 aliphatic heterocycles. The van der Waals surface area contributed by atoms with Crippen LogP contribution in [-0.2, 0) is 0 Å². The summed E-state index contributed by atoms with van der Waals surface area (Å²) in [4.78, 5) is 0. The standard InChI is InChI=1S/C4H11NO.C2H7NO/c1-4(2,6)3-5;3-1-2-4/h6H,3,5H2,1-2H3;4H,1-3H2. The number of aliphatic hydroxyl groups is 2. The van der Waals surface area contributed by atoms with Crippen molar-refractivity contribution >= 4 is 0 Å². The van der Waals surface area contributed by atoms with Gasteiger partial charge in [0.25, 0.3) is 0 Å². The molecule has 0 heterocycles. The maximum absolute atomic E-state index is 8.70. The van der Waals surface area contributed by atoms with Gasteiger partial charge in [0.2, 0.25) is 0 Å². The molecule has 0 radical (unpaired) electrons. The molecule has 0 aliphatic carbocycles. The third-order valence-corrected chi connectivity index (χ3v) is 0.629. The Labute approximate surface area is 61.8 Å². The highest BCUT2D eigenvalue weighted by atomic mass is 16.3. The topological polar surface area (TPSA) is 92.5 Å². The molecule has 0 aromatic rings. The molecule has 4 nitrogen and oxygen atoms in total. The second kappa shape index (κ2) is 6.95. The molecule has 10 heavy (non-hydrogen) atoms. The molecule has 0 aliphatic rings. The third-order valence-electron chi connectivity index (χ3n) is 0.629. The fraction of sp³-hybridized carbons (Fsp3) is 1.00. The Hall–Kier alpha value is -0.160. The quantitative estimate of drug-likeness (QED) is 0.392. The van der Waals surface area contributed by atoms with E-state index in [9.17, 15) is 0 Å². The molecule has 6 N–H and O–H groups in total. The maximum atomic E-state index is 8.70. The molecule has 64 valence electrons.